The van der Waals surface area contributed by atoms with Crippen LogP contribution in [0.2, 0.25) is 0 Å². The summed E-state index contributed by atoms with van der Waals surface area (Å²) < 4.78 is 1.70. The van der Waals surface area contributed by atoms with Gasteiger partial charge in [-0.3, -0.25) is 4.79 Å². The Labute approximate surface area is 111 Å². The zero-order valence-electron chi connectivity index (χ0n) is 11.1. The van der Waals surface area contributed by atoms with E-state index in [9.17, 15) is 4.79 Å². The van der Waals surface area contributed by atoms with Gasteiger partial charge in [-0.1, -0.05) is 6.92 Å². The van der Waals surface area contributed by atoms with Crippen molar-refractivity contribution in [1.29, 1.82) is 0 Å². The van der Waals surface area contributed by atoms with Crippen LogP contribution in [0, 0.1) is 0 Å². The maximum Gasteiger partial charge on any atom is 0.272 e. The molecule has 0 fully saturated rings. The molecule has 0 aliphatic heterocycles. The second-order valence-corrected chi connectivity index (χ2v) is 5.10. The first-order chi connectivity index (χ1) is 8.58. The number of fused-ring (bicyclic) bond motifs is 1. The zero-order valence-corrected chi connectivity index (χ0v) is 11.9. The summed E-state index contributed by atoms with van der Waals surface area (Å²) in [7, 11) is 3.75. The molecule has 0 amide bonds. The third-order valence-electron chi connectivity index (χ3n) is 2.90. The van der Waals surface area contributed by atoms with Crippen molar-refractivity contribution >= 4 is 22.7 Å². The van der Waals surface area contributed by atoms with Crippen LogP contribution in [0.1, 0.15) is 12.5 Å². The van der Waals surface area contributed by atoms with Crippen LogP contribution >= 0.6 is 11.8 Å². The van der Waals surface area contributed by atoms with Crippen molar-refractivity contribution in [3.05, 3.63) is 34.2 Å². The van der Waals surface area contributed by atoms with Crippen molar-refractivity contribution < 1.29 is 0 Å². The minimum Gasteiger partial charge on any atom is -0.316 e. The lowest BCUT2D eigenvalue weighted by Gasteiger charge is -2.20. The predicted molar refractivity (Wildman–Crippen MR) is 77.2 cm³/mol. The van der Waals surface area contributed by atoms with Crippen LogP contribution in [0.4, 0.5) is 0 Å². The number of aromatic nitrogens is 2. The van der Waals surface area contributed by atoms with Gasteiger partial charge in [-0.2, -0.15) is 0 Å². The zero-order chi connectivity index (χ0) is 13.3. The van der Waals surface area contributed by atoms with Crippen LogP contribution in [-0.2, 0) is 6.42 Å². The van der Waals surface area contributed by atoms with E-state index < -0.39 is 0 Å². The Bertz CT molecular complexity index is 634. The van der Waals surface area contributed by atoms with Gasteiger partial charge in [0.25, 0.3) is 5.56 Å². The molecule has 0 saturated heterocycles. The third-order valence-corrected chi connectivity index (χ3v) is 3.54. The molecule has 0 aliphatic rings. The summed E-state index contributed by atoms with van der Waals surface area (Å²) in [5.74, 6) is 0. The molecule has 0 aliphatic carbocycles. The summed E-state index contributed by atoms with van der Waals surface area (Å²) in [4.78, 5) is 16.7. The lowest BCUT2D eigenvalue weighted by Crippen LogP contribution is -2.37. The van der Waals surface area contributed by atoms with E-state index in [1.807, 2.05) is 50.6 Å². The summed E-state index contributed by atoms with van der Waals surface area (Å²) in [6.45, 7) is 1.99. The van der Waals surface area contributed by atoms with Crippen LogP contribution in [0.15, 0.2) is 28.2 Å². The first kappa shape index (κ1) is 13.0. The summed E-state index contributed by atoms with van der Waals surface area (Å²) in [5.41, 5.74) is 1.77. The highest BCUT2D eigenvalue weighted by Gasteiger charge is 2.10. The number of thioether (sulfide) groups is 1. The molecule has 0 bridgehead atoms. The molecular weight excluding hydrogens is 246 g/mol. The smallest absolute Gasteiger partial charge is 0.272 e. The highest BCUT2D eigenvalue weighted by atomic mass is 32.2. The molecule has 2 aromatic heterocycles. The van der Waals surface area contributed by atoms with Gasteiger partial charge in [-0.25, -0.2) is 9.66 Å². The van der Waals surface area contributed by atoms with Crippen molar-refractivity contribution in [3.63, 3.8) is 0 Å². The second-order valence-electron chi connectivity index (χ2n) is 4.27. The van der Waals surface area contributed by atoms with Crippen molar-refractivity contribution in [2.75, 3.05) is 25.4 Å². The number of hydrogen-bond acceptors (Lipinski definition) is 4. The van der Waals surface area contributed by atoms with E-state index in [0.717, 1.165) is 27.9 Å². The molecule has 0 saturated carbocycles. The van der Waals surface area contributed by atoms with Gasteiger partial charge in [-0.15, -0.1) is 11.8 Å². The average Bonchev–Trinajstić information content (AvgIpc) is 2.36. The van der Waals surface area contributed by atoms with Gasteiger partial charge >= 0.3 is 0 Å². The van der Waals surface area contributed by atoms with Crippen LogP contribution in [0.25, 0.3) is 10.9 Å². The Morgan fingerprint density at radius 1 is 1.39 bits per heavy atom. The molecule has 18 heavy (non-hydrogen) atoms. The largest absolute Gasteiger partial charge is 0.316 e. The fourth-order valence-electron chi connectivity index (χ4n) is 1.99. The van der Waals surface area contributed by atoms with Crippen LogP contribution in [-0.4, -0.2) is 30.0 Å². The van der Waals surface area contributed by atoms with Crippen molar-refractivity contribution in [2.45, 2.75) is 18.4 Å². The van der Waals surface area contributed by atoms with E-state index in [4.69, 9.17) is 0 Å². The van der Waals surface area contributed by atoms with Gasteiger partial charge in [-0.05, 0) is 24.8 Å². The number of hydrogen-bond donors (Lipinski definition) is 0. The van der Waals surface area contributed by atoms with E-state index in [2.05, 4.69) is 4.98 Å². The Hall–Kier alpha value is -1.49. The first-order valence-electron chi connectivity index (χ1n) is 5.84. The first-order valence-corrected chi connectivity index (χ1v) is 7.07. The summed E-state index contributed by atoms with van der Waals surface area (Å²) >= 11 is 1.57. The molecular formula is C13H17N3OS. The van der Waals surface area contributed by atoms with Crippen LogP contribution in [0.5, 0.6) is 0 Å². The lowest BCUT2D eigenvalue weighted by atomic mass is 10.1. The van der Waals surface area contributed by atoms with Crippen LogP contribution < -0.4 is 10.6 Å². The highest BCUT2D eigenvalue weighted by Crippen LogP contribution is 2.19. The molecule has 5 heteroatoms. The summed E-state index contributed by atoms with van der Waals surface area (Å²) in [6.07, 6.45) is 4.54. The Kier molecular flexibility index (Phi) is 3.61. The topological polar surface area (TPSA) is 38.1 Å². The number of aryl methyl sites for hydroxylation is 1. The molecule has 0 N–H and O–H groups in total. The average molecular weight is 263 g/mol. The lowest BCUT2D eigenvalue weighted by molar-refractivity contribution is 0.718. The molecule has 0 aromatic carbocycles. The fourth-order valence-corrected chi connectivity index (χ4v) is 2.38. The van der Waals surface area contributed by atoms with Gasteiger partial charge in [0.2, 0.25) is 0 Å². The van der Waals surface area contributed by atoms with Gasteiger partial charge in [0.15, 0.2) is 0 Å². The molecule has 2 rings (SSSR count). The normalized spacial score (nSPS) is 10.9. The van der Waals surface area contributed by atoms with E-state index in [1.54, 1.807) is 16.4 Å². The van der Waals surface area contributed by atoms with Crippen molar-refractivity contribution in [1.82, 2.24) is 9.66 Å². The number of rotatable bonds is 3. The van der Waals surface area contributed by atoms with Crippen LogP contribution in [0.3, 0.4) is 0 Å². The predicted octanol–water partition coefficient (Wildman–Crippen LogP) is 1.88. The summed E-state index contributed by atoms with van der Waals surface area (Å²) in [6, 6.07) is 3.90. The standard InChI is InChI=1S/C13H17N3OS/c1-5-9-6-10-8-14-12(18-4)7-11(10)16(13(9)17)15(2)3/h6-8H,5H2,1-4H3. The highest BCUT2D eigenvalue weighted by molar-refractivity contribution is 7.98. The van der Waals surface area contributed by atoms with Gasteiger partial charge in [0.05, 0.1) is 10.5 Å². The summed E-state index contributed by atoms with van der Waals surface area (Å²) in [5, 5.41) is 3.73. The quantitative estimate of drug-likeness (QED) is 0.793. The monoisotopic (exact) mass is 263 g/mol. The van der Waals surface area contributed by atoms with E-state index in [-0.39, 0.29) is 5.56 Å². The maximum absolute atomic E-state index is 12.3. The molecule has 0 spiro atoms. The Balaban J connectivity index is 2.87. The molecule has 0 atom stereocenters. The molecule has 0 unspecified atom stereocenters. The third kappa shape index (κ3) is 2.10. The Morgan fingerprint density at radius 3 is 2.67 bits per heavy atom. The van der Waals surface area contributed by atoms with Gasteiger partial charge in [0, 0.05) is 31.2 Å². The minimum absolute atomic E-state index is 0.0493. The fraction of sp³-hybridized carbons (Fsp3) is 0.385. The van der Waals surface area contributed by atoms with Gasteiger partial charge in [0.1, 0.15) is 0 Å². The van der Waals surface area contributed by atoms with Crippen molar-refractivity contribution in [2.24, 2.45) is 0 Å². The second kappa shape index (κ2) is 5.02. The molecule has 2 heterocycles. The SMILES string of the molecule is CCc1cc2cnc(SC)cc2n(N(C)C)c1=O. The minimum atomic E-state index is 0.0493. The molecule has 96 valence electrons. The number of nitrogens with zero attached hydrogens (tertiary/aromatic N) is 3. The van der Waals surface area contributed by atoms with Crippen molar-refractivity contribution in [3.8, 4) is 0 Å². The van der Waals surface area contributed by atoms with E-state index in [0.29, 0.717) is 0 Å². The van der Waals surface area contributed by atoms with Gasteiger partial charge < -0.3 is 5.01 Å². The Morgan fingerprint density at radius 2 is 2.11 bits per heavy atom. The number of pyridine rings is 2. The molecule has 0 radical (unpaired) electrons. The van der Waals surface area contributed by atoms with E-state index >= 15 is 0 Å². The maximum atomic E-state index is 12.3. The van der Waals surface area contributed by atoms with E-state index in [1.165, 1.54) is 0 Å². The molecule has 2 aromatic rings. The molecule has 4 nitrogen and oxygen atoms in total.